The number of hydrogen-bond acceptors (Lipinski definition) is 5. The monoisotopic (exact) mass is 376 g/mol. The van der Waals surface area contributed by atoms with Crippen molar-refractivity contribution in [3.05, 3.63) is 26.7 Å². The van der Waals surface area contributed by atoms with E-state index in [2.05, 4.69) is 9.97 Å². The number of carbonyl (C=O) groups is 1. The van der Waals surface area contributed by atoms with Crippen molar-refractivity contribution in [1.29, 1.82) is 0 Å². The number of nitrogens with one attached hydrogen (secondary N) is 1. The average Bonchev–Trinajstić information content (AvgIpc) is 3.27. The van der Waals surface area contributed by atoms with Crippen molar-refractivity contribution in [3.63, 3.8) is 0 Å². The highest BCUT2D eigenvalue weighted by molar-refractivity contribution is 5.72. The summed E-state index contributed by atoms with van der Waals surface area (Å²) in [6.07, 6.45) is 6.71. The molecule has 1 saturated carbocycles. The zero-order valence-electron chi connectivity index (χ0n) is 16.1. The summed E-state index contributed by atoms with van der Waals surface area (Å²) >= 11 is 0. The van der Waals surface area contributed by atoms with Gasteiger partial charge >= 0.3 is 11.7 Å². The van der Waals surface area contributed by atoms with E-state index in [1.165, 1.54) is 17.4 Å². The second-order valence-electron chi connectivity index (χ2n) is 7.22. The fourth-order valence-electron chi connectivity index (χ4n) is 3.85. The van der Waals surface area contributed by atoms with Crippen LogP contribution in [0.5, 0.6) is 0 Å². The van der Waals surface area contributed by atoms with Gasteiger partial charge in [0.05, 0.1) is 0 Å². The van der Waals surface area contributed by atoms with Gasteiger partial charge in [0.25, 0.3) is 5.56 Å². The Kier molecular flexibility index (Phi) is 6.13. The van der Waals surface area contributed by atoms with Crippen molar-refractivity contribution in [2.24, 2.45) is 5.92 Å². The predicted molar refractivity (Wildman–Crippen MR) is 102 cm³/mol. The van der Waals surface area contributed by atoms with Crippen LogP contribution in [-0.2, 0) is 29.2 Å². The number of imidazole rings is 1. The Morgan fingerprint density at radius 3 is 2.63 bits per heavy atom. The molecule has 1 aliphatic carbocycles. The normalized spacial score (nSPS) is 14.9. The second-order valence-corrected chi connectivity index (χ2v) is 7.22. The fourth-order valence-corrected chi connectivity index (χ4v) is 3.85. The second kappa shape index (κ2) is 8.54. The van der Waals surface area contributed by atoms with Crippen LogP contribution in [-0.4, -0.2) is 25.1 Å². The van der Waals surface area contributed by atoms with Crippen LogP contribution in [0.4, 0.5) is 0 Å². The number of carbonyl (C=O) groups excluding carboxylic acids is 1. The minimum Gasteiger partial charge on any atom is -0.457 e. The molecule has 0 amide bonds. The quantitative estimate of drug-likeness (QED) is 0.713. The zero-order valence-corrected chi connectivity index (χ0v) is 16.1. The summed E-state index contributed by atoms with van der Waals surface area (Å²) in [5, 5.41) is 0. The first-order valence-electron chi connectivity index (χ1n) is 9.93. The van der Waals surface area contributed by atoms with E-state index in [0.717, 1.165) is 25.7 Å². The number of unbranched alkanes of at least 4 members (excludes halogenated alkanes) is 1. The number of rotatable bonds is 8. The van der Waals surface area contributed by atoms with Crippen molar-refractivity contribution in [2.45, 2.75) is 78.5 Å². The van der Waals surface area contributed by atoms with Crippen molar-refractivity contribution in [2.75, 3.05) is 0 Å². The van der Waals surface area contributed by atoms with Gasteiger partial charge in [0.15, 0.2) is 11.2 Å². The zero-order chi connectivity index (χ0) is 19.4. The SMILES string of the molecule is CCCCn1c(=O)[nH]c(=O)c2c1nc(COC(=O)CC1CCCC1)n2CC. The molecule has 0 radical (unpaired) electrons. The van der Waals surface area contributed by atoms with Gasteiger partial charge in [-0.25, -0.2) is 9.78 Å². The largest absolute Gasteiger partial charge is 0.457 e. The molecule has 8 heteroatoms. The Morgan fingerprint density at radius 1 is 1.22 bits per heavy atom. The lowest BCUT2D eigenvalue weighted by molar-refractivity contribution is -0.146. The molecule has 0 aromatic carbocycles. The van der Waals surface area contributed by atoms with Gasteiger partial charge in [0.2, 0.25) is 0 Å². The van der Waals surface area contributed by atoms with Crippen LogP contribution in [0.25, 0.3) is 11.2 Å². The molecule has 3 rings (SSSR count). The van der Waals surface area contributed by atoms with Gasteiger partial charge < -0.3 is 9.30 Å². The van der Waals surface area contributed by atoms with Crippen LogP contribution in [0.3, 0.4) is 0 Å². The number of nitrogens with zero attached hydrogens (tertiary/aromatic N) is 3. The molecule has 27 heavy (non-hydrogen) atoms. The molecule has 0 saturated heterocycles. The van der Waals surface area contributed by atoms with E-state index in [1.807, 2.05) is 13.8 Å². The van der Waals surface area contributed by atoms with E-state index in [1.54, 1.807) is 4.57 Å². The molecular formula is C19H28N4O4. The van der Waals surface area contributed by atoms with E-state index >= 15 is 0 Å². The standard InChI is InChI=1S/C19H28N4O4/c1-3-5-10-23-17-16(18(25)21-19(23)26)22(4-2)14(20-17)12-27-15(24)11-13-8-6-7-9-13/h13H,3-12H2,1-2H3,(H,21,25,26). The number of hydrogen-bond donors (Lipinski definition) is 1. The predicted octanol–water partition coefficient (Wildman–Crippen LogP) is 2.33. The van der Waals surface area contributed by atoms with Gasteiger partial charge in [-0.15, -0.1) is 0 Å². The third-order valence-corrected chi connectivity index (χ3v) is 5.31. The molecule has 2 aromatic heterocycles. The van der Waals surface area contributed by atoms with Gasteiger partial charge in [0.1, 0.15) is 12.4 Å². The van der Waals surface area contributed by atoms with Gasteiger partial charge in [0, 0.05) is 19.5 Å². The van der Waals surface area contributed by atoms with Crippen LogP contribution in [0.15, 0.2) is 9.59 Å². The van der Waals surface area contributed by atoms with Gasteiger partial charge in [-0.05, 0) is 32.1 Å². The molecule has 1 aliphatic rings. The maximum Gasteiger partial charge on any atom is 0.330 e. The molecule has 0 aliphatic heterocycles. The summed E-state index contributed by atoms with van der Waals surface area (Å²) in [6, 6.07) is 0. The molecule has 2 heterocycles. The molecule has 2 aromatic rings. The number of H-pyrrole nitrogens is 1. The topological polar surface area (TPSA) is 99.0 Å². The number of esters is 1. The van der Waals surface area contributed by atoms with Crippen molar-refractivity contribution in [3.8, 4) is 0 Å². The maximum atomic E-state index is 12.3. The fraction of sp³-hybridized carbons (Fsp3) is 0.684. The highest BCUT2D eigenvalue weighted by Gasteiger charge is 2.21. The lowest BCUT2D eigenvalue weighted by Crippen LogP contribution is -2.31. The van der Waals surface area contributed by atoms with Crippen LogP contribution < -0.4 is 11.2 Å². The Hall–Kier alpha value is -2.38. The minimum absolute atomic E-state index is 0.00941. The Balaban J connectivity index is 1.86. The molecule has 8 nitrogen and oxygen atoms in total. The number of ether oxygens (including phenoxy) is 1. The third kappa shape index (κ3) is 4.14. The molecule has 0 spiro atoms. The Morgan fingerprint density at radius 2 is 1.96 bits per heavy atom. The molecule has 1 N–H and O–H groups in total. The molecule has 148 valence electrons. The van der Waals surface area contributed by atoms with E-state index in [0.29, 0.717) is 42.4 Å². The van der Waals surface area contributed by atoms with E-state index in [-0.39, 0.29) is 12.6 Å². The summed E-state index contributed by atoms with van der Waals surface area (Å²) in [7, 11) is 0. The van der Waals surface area contributed by atoms with E-state index in [9.17, 15) is 14.4 Å². The molecule has 0 atom stereocenters. The first-order chi connectivity index (χ1) is 13.0. The van der Waals surface area contributed by atoms with Crippen LogP contribution in [0.1, 0.15) is 64.6 Å². The van der Waals surface area contributed by atoms with Crippen LogP contribution >= 0.6 is 0 Å². The molecule has 1 fully saturated rings. The highest BCUT2D eigenvalue weighted by Crippen LogP contribution is 2.27. The minimum atomic E-state index is -0.458. The number of fused-ring (bicyclic) bond motifs is 1. The number of aromatic amines is 1. The van der Waals surface area contributed by atoms with Crippen molar-refractivity contribution in [1.82, 2.24) is 19.1 Å². The first kappa shape index (κ1) is 19.4. The van der Waals surface area contributed by atoms with Gasteiger partial charge in [-0.2, -0.15) is 0 Å². The van der Waals surface area contributed by atoms with Crippen molar-refractivity contribution < 1.29 is 9.53 Å². The lowest BCUT2D eigenvalue weighted by atomic mass is 10.1. The average molecular weight is 376 g/mol. The Bertz CT molecular complexity index is 918. The van der Waals surface area contributed by atoms with E-state index < -0.39 is 11.2 Å². The van der Waals surface area contributed by atoms with Gasteiger partial charge in [-0.3, -0.25) is 19.1 Å². The molecule has 0 bridgehead atoms. The van der Waals surface area contributed by atoms with Gasteiger partial charge in [-0.1, -0.05) is 26.2 Å². The van der Waals surface area contributed by atoms with E-state index in [4.69, 9.17) is 4.74 Å². The first-order valence-corrected chi connectivity index (χ1v) is 9.93. The lowest BCUT2D eigenvalue weighted by Gasteiger charge is -2.09. The van der Waals surface area contributed by atoms with Crippen molar-refractivity contribution >= 4 is 17.1 Å². The summed E-state index contributed by atoms with van der Waals surface area (Å²) in [5.74, 6) is 0.687. The third-order valence-electron chi connectivity index (χ3n) is 5.31. The van der Waals surface area contributed by atoms with Crippen LogP contribution in [0.2, 0.25) is 0 Å². The summed E-state index contributed by atoms with van der Waals surface area (Å²) < 4.78 is 8.65. The number of aromatic nitrogens is 4. The summed E-state index contributed by atoms with van der Waals surface area (Å²) in [6.45, 7) is 4.93. The van der Waals surface area contributed by atoms with Crippen LogP contribution in [0, 0.1) is 5.92 Å². The maximum absolute atomic E-state index is 12.3. The summed E-state index contributed by atoms with van der Waals surface area (Å²) in [5.41, 5.74) is -0.192. The highest BCUT2D eigenvalue weighted by atomic mass is 16.5. The molecule has 0 unspecified atom stereocenters. The smallest absolute Gasteiger partial charge is 0.330 e. The molecular weight excluding hydrogens is 348 g/mol. The number of aryl methyl sites for hydroxylation is 2. The summed E-state index contributed by atoms with van der Waals surface area (Å²) in [4.78, 5) is 43.6. The Labute approximate surface area is 157 Å².